The largest absolute Gasteiger partial charge is 0.397 e. The standard InChI is InChI=1S/C14H17N3O2S/c1-9-4-5-10(2)13(6-9)20(18,19)17-14-11(3)7-12(15)8-16-14/h4-8H,15H2,1-3H3,(H,16,17). The lowest BCUT2D eigenvalue weighted by Gasteiger charge is -2.12. The van der Waals surface area contributed by atoms with Crippen molar-refractivity contribution in [3.63, 3.8) is 0 Å². The maximum absolute atomic E-state index is 12.4. The molecule has 0 aliphatic heterocycles. The first-order chi connectivity index (χ1) is 9.29. The highest BCUT2D eigenvalue weighted by molar-refractivity contribution is 7.92. The summed E-state index contributed by atoms with van der Waals surface area (Å²) in [6.07, 6.45) is 1.42. The third-order valence-electron chi connectivity index (χ3n) is 2.96. The van der Waals surface area contributed by atoms with Crippen molar-refractivity contribution in [1.29, 1.82) is 0 Å². The van der Waals surface area contributed by atoms with Crippen molar-refractivity contribution in [2.24, 2.45) is 0 Å². The lowest BCUT2D eigenvalue weighted by atomic mass is 10.2. The molecular formula is C14H17N3O2S. The van der Waals surface area contributed by atoms with E-state index in [0.29, 0.717) is 22.6 Å². The van der Waals surface area contributed by atoms with Gasteiger partial charge in [0.2, 0.25) is 0 Å². The molecule has 0 saturated carbocycles. The molecule has 0 spiro atoms. The van der Waals surface area contributed by atoms with Crippen LogP contribution >= 0.6 is 0 Å². The summed E-state index contributed by atoms with van der Waals surface area (Å²) in [6, 6.07) is 6.98. The number of nitrogens with zero attached hydrogens (tertiary/aromatic N) is 1. The smallest absolute Gasteiger partial charge is 0.263 e. The molecule has 2 aromatic rings. The number of sulfonamides is 1. The first-order valence-electron chi connectivity index (χ1n) is 6.12. The molecule has 1 aromatic carbocycles. The number of aryl methyl sites for hydroxylation is 3. The molecule has 0 atom stereocenters. The predicted octanol–water partition coefficient (Wildman–Crippen LogP) is 2.39. The fraction of sp³-hybridized carbons (Fsp3) is 0.214. The maximum atomic E-state index is 12.4. The molecule has 0 aliphatic rings. The second-order valence-corrected chi connectivity index (χ2v) is 6.46. The lowest BCUT2D eigenvalue weighted by Crippen LogP contribution is -2.16. The molecule has 0 radical (unpaired) electrons. The van der Waals surface area contributed by atoms with Gasteiger partial charge in [0.1, 0.15) is 5.82 Å². The van der Waals surface area contributed by atoms with Gasteiger partial charge in [-0.3, -0.25) is 4.72 Å². The summed E-state index contributed by atoms with van der Waals surface area (Å²) in [7, 11) is -3.66. The lowest BCUT2D eigenvalue weighted by molar-refractivity contribution is 0.600. The van der Waals surface area contributed by atoms with Crippen LogP contribution in [0.4, 0.5) is 11.5 Å². The van der Waals surface area contributed by atoms with Crippen LogP contribution in [0.5, 0.6) is 0 Å². The van der Waals surface area contributed by atoms with Crippen molar-refractivity contribution in [3.05, 3.63) is 47.2 Å². The van der Waals surface area contributed by atoms with Crippen molar-refractivity contribution in [2.75, 3.05) is 10.5 Å². The van der Waals surface area contributed by atoms with Gasteiger partial charge >= 0.3 is 0 Å². The van der Waals surface area contributed by atoms with Gasteiger partial charge in [-0.1, -0.05) is 12.1 Å². The first-order valence-corrected chi connectivity index (χ1v) is 7.60. The van der Waals surface area contributed by atoms with Gasteiger partial charge in [-0.15, -0.1) is 0 Å². The van der Waals surface area contributed by atoms with Crippen LogP contribution in [0.2, 0.25) is 0 Å². The summed E-state index contributed by atoms with van der Waals surface area (Å²) >= 11 is 0. The maximum Gasteiger partial charge on any atom is 0.263 e. The van der Waals surface area contributed by atoms with E-state index in [0.717, 1.165) is 5.56 Å². The molecule has 106 valence electrons. The Morgan fingerprint density at radius 1 is 1.10 bits per heavy atom. The van der Waals surface area contributed by atoms with E-state index in [1.54, 1.807) is 32.0 Å². The number of nitrogens with two attached hydrogens (primary N) is 1. The van der Waals surface area contributed by atoms with E-state index < -0.39 is 10.0 Å². The topological polar surface area (TPSA) is 85.1 Å². The Morgan fingerprint density at radius 2 is 1.80 bits per heavy atom. The average Bonchev–Trinajstić information content (AvgIpc) is 2.35. The van der Waals surface area contributed by atoms with Crippen molar-refractivity contribution in [1.82, 2.24) is 4.98 Å². The molecule has 3 N–H and O–H groups in total. The van der Waals surface area contributed by atoms with Crippen molar-refractivity contribution < 1.29 is 8.42 Å². The normalized spacial score (nSPS) is 11.3. The zero-order valence-electron chi connectivity index (χ0n) is 11.6. The Morgan fingerprint density at radius 3 is 2.45 bits per heavy atom. The van der Waals surface area contributed by atoms with Gasteiger partial charge in [-0.25, -0.2) is 13.4 Å². The van der Waals surface area contributed by atoms with Gasteiger partial charge in [0.05, 0.1) is 16.8 Å². The van der Waals surface area contributed by atoms with E-state index in [9.17, 15) is 8.42 Å². The molecule has 5 nitrogen and oxygen atoms in total. The number of nitrogen functional groups attached to an aromatic ring is 1. The minimum absolute atomic E-state index is 0.260. The molecule has 0 saturated heterocycles. The van der Waals surface area contributed by atoms with Gasteiger partial charge in [0.15, 0.2) is 0 Å². The summed E-state index contributed by atoms with van der Waals surface area (Å²) in [5.41, 5.74) is 8.36. The van der Waals surface area contributed by atoms with E-state index in [-0.39, 0.29) is 4.90 Å². The highest BCUT2D eigenvalue weighted by Crippen LogP contribution is 2.22. The predicted molar refractivity (Wildman–Crippen MR) is 80.1 cm³/mol. The summed E-state index contributed by atoms with van der Waals surface area (Å²) in [5, 5.41) is 0. The second-order valence-electron chi connectivity index (χ2n) is 4.81. The molecule has 0 aliphatic carbocycles. The molecule has 1 aromatic heterocycles. The molecule has 0 amide bonds. The van der Waals surface area contributed by atoms with Crippen LogP contribution in [0.3, 0.4) is 0 Å². The van der Waals surface area contributed by atoms with E-state index in [1.165, 1.54) is 6.20 Å². The summed E-state index contributed by atoms with van der Waals surface area (Å²) in [6.45, 7) is 5.37. The average molecular weight is 291 g/mol. The fourth-order valence-electron chi connectivity index (χ4n) is 1.88. The third kappa shape index (κ3) is 2.91. The van der Waals surface area contributed by atoms with Gasteiger partial charge in [0, 0.05) is 0 Å². The number of hydrogen-bond donors (Lipinski definition) is 2. The van der Waals surface area contributed by atoms with E-state index >= 15 is 0 Å². The van der Waals surface area contributed by atoms with Gasteiger partial charge in [-0.05, 0) is 49.6 Å². The highest BCUT2D eigenvalue weighted by Gasteiger charge is 2.18. The quantitative estimate of drug-likeness (QED) is 0.909. The molecule has 6 heteroatoms. The van der Waals surface area contributed by atoms with E-state index in [4.69, 9.17) is 5.73 Å². The number of rotatable bonds is 3. The molecule has 20 heavy (non-hydrogen) atoms. The highest BCUT2D eigenvalue weighted by atomic mass is 32.2. The molecule has 0 bridgehead atoms. The number of hydrogen-bond acceptors (Lipinski definition) is 4. The van der Waals surface area contributed by atoms with Crippen molar-refractivity contribution in [2.45, 2.75) is 25.7 Å². The number of aromatic nitrogens is 1. The number of pyridine rings is 1. The van der Waals surface area contributed by atoms with E-state index in [2.05, 4.69) is 9.71 Å². The Labute approximate surface area is 118 Å². The molecular weight excluding hydrogens is 274 g/mol. The Hall–Kier alpha value is -2.08. The monoisotopic (exact) mass is 291 g/mol. The zero-order chi connectivity index (χ0) is 14.9. The number of anilines is 2. The second kappa shape index (κ2) is 5.13. The van der Waals surface area contributed by atoms with Crippen LogP contribution in [0.25, 0.3) is 0 Å². The van der Waals surface area contributed by atoms with Crippen LogP contribution in [-0.4, -0.2) is 13.4 Å². The fourth-order valence-corrected chi connectivity index (χ4v) is 3.29. The van der Waals surface area contributed by atoms with Gasteiger partial charge in [0.25, 0.3) is 10.0 Å². The Balaban J connectivity index is 2.43. The van der Waals surface area contributed by atoms with Crippen LogP contribution < -0.4 is 10.5 Å². The molecule has 1 heterocycles. The van der Waals surface area contributed by atoms with Crippen molar-refractivity contribution in [3.8, 4) is 0 Å². The van der Waals surface area contributed by atoms with Crippen LogP contribution in [0.1, 0.15) is 16.7 Å². The number of nitrogens with one attached hydrogen (secondary N) is 1. The van der Waals surface area contributed by atoms with Crippen LogP contribution in [0, 0.1) is 20.8 Å². The first kappa shape index (κ1) is 14.3. The Bertz CT molecular complexity index is 755. The minimum Gasteiger partial charge on any atom is -0.397 e. The zero-order valence-corrected chi connectivity index (χ0v) is 12.5. The summed E-state index contributed by atoms with van der Waals surface area (Å²) < 4.78 is 27.4. The van der Waals surface area contributed by atoms with Crippen molar-refractivity contribution >= 4 is 21.5 Å². The minimum atomic E-state index is -3.66. The molecule has 2 rings (SSSR count). The summed E-state index contributed by atoms with van der Waals surface area (Å²) in [5.74, 6) is 0.292. The Kier molecular flexibility index (Phi) is 3.67. The molecule has 0 fully saturated rings. The SMILES string of the molecule is Cc1ccc(C)c(S(=O)(=O)Nc2ncc(N)cc2C)c1. The van der Waals surface area contributed by atoms with Crippen LogP contribution in [0.15, 0.2) is 35.4 Å². The van der Waals surface area contributed by atoms with E-state index in [1.807, 2.05) is 13.0 Å². The van der Waals surface area contributed by atoms with Crippen LogP contribution in [-0.2, 0) is 10.0 Å². The van der Waals surface area contributed by atoms with Gasteiger partial charge < -0.3 is 5.73 Å². The van der Waals surface area contributed by atoms with Gasteiger partial charge in [-0.2, -0.15) is 0 Å². The third-order valence-corrected chi connectivity index (χ3v) is 4.44. The molecule has 0 unspecified atom stereocenters. The number of benzene rings is 1. The summed E-state index contributed by atoms with van der Waals surface area (Å²) in [4.78, 5) is 4.29.